The van der Waals surface area contributed by atoms with E-state index in [1.54, 1.807) is 5.06 Å². The third-order valence-electron chi connectivity index (χ3n) is 1.63. The number of hydrogen-bond acceptors (Lipinski definition) is 3. The molecule has 0 aliphatic rings. The molecule has 3 heteroatoms. The van der Waals surface area contributed by atoms with Gasteiger partial charge in [-0.25, -0.2) is 9.95 Å². The van der Waals surface area contributed by atoms with E-state index in [1.165, 1.54) is 7.11 Å². The summed E-state index contributed by atoms with van der Waals surface area (Å²) in [5, 5.41) is 1.71. The molecule has 0 radical (unpaired) electrons. The minimum Gasteiger partial charge on any atom is -0.220 e. The number of anilines is 1. The molecule has 0 fully saturated rings. The molecule has 0 N–H and O–H groups in total. The number of hydroxylamine groups is 1. The highest BCUT2D eigenvalue weighted by Crippen LogP contribution is 2.16. The second kappa shape index (κ2) is 4.84. The summed E-state index contributed by atoms with van der Waals surface area (Å²) >= 11 is 0. The van der Waals surface area contributed by atoms with Crippen LogP contribution < -0.4 is 5.06 Å². The van der Waals surface area contributed by atoms with Gasteiger partial charge in [-0.2, -0.15) is 0 Å². The standard InChI is InChI=1S/C10H15NO2/c1-9(2)11(13-12-3)10-7-5-4-6-8-10/h4-9H,1-3H3. The van der Waals surface area contributed by atoms with Crippen LogP contribution in [-0.4, -0.2) is 13.2 Å². The molecular formula is C10H15NO2. The molecule has 72 valence electrons. The lowest BCUT2D eigenvalue weighted by Crippen LogP contribution is -2.30. The molecule has 0 aromatic heterocycles. The van der Waals surface area contributed by atoms with E-state index in [1.807, 2.05) is 44.2 Å². The smallest absolute Gasteiger partial charge is 0.0738 e. The number of nitrogens with zero attached hydrogens (tertiary/aromatic N) is 1. The van der Waals surface area contributed by atoms with Crippen LogP contribution >= 0.6 is 0 Å². The van der Waals surface area contributed by atoms with Crippen molar-refractivity contribution in [1.82, 2.24) is 0 Å². The zero-order chi connectivity index (χ0) is 9.68. The minimum atomic E-state index is 0.238. The van der Waals surface area contributed by atoms with Crippen LogP contribution in [0, 0.1) is 0 Å². The van der Waals surface area contributed by atoms with E-state index in [0.29, 0.717) is 0 Å². The first kappa shape index (κ1) is 10.0. The fourth-order valence-electron chi connectivity index (χ4n) is 1.08. The molecule has 0 aliphatic carbocycles. The summed E-state index contributed by atoms with van der Waals surface area (Å²) in [4.78, 5) is 9.67. The van der Waals surface area contributed by atoms with E-state index in [-0.39, 0.29) is 6.04 Å². The first-order chi connectivity index (χ1) is 6.25. The van der Waals surface area contributed by atoms with Crippen molar-refractivity contribution in [3.8, 4) is 0 Å². The van der Waals surface area contributed by atoms with Crippen LogP contribution in [0.5, 0.6) is 0 Å². The summed E-state index contributed by atoms with van der Waals surface area (Å²) in [7, 11) is 1.50. The van der Waals surface area contributed by atoms with Crippen molar-refractivity contribution in [2.45, 2.75) is 19.9 Å². The fourth-order valence-corrected chi connectivity index (χ4v) is 1.08. The van der Waals surface area contributed by atoms with Crippen molar-refractivity contribution in [2.75, 3.05) is 12.2 Å². The SMILES string of the molecule is COON(c1ccccc1)C(C)C. The Morgan fingerprint density at radius 2 is 1.77 bits per heavy atom. The zero-order valence-corrected chi connectivity index (χ0v) is 8.23. The predicted molar refractivity (Wildman–Crippen MR) is 52.2 cm³/mol. The fraction of sp³-hybridized carbons (Fsp3) is 0.400. The summed E-state index contributed by atoms with van der Waals surface area (Å²) < 4.78 is 0. The Labute approximate surface area is 78.8 Å². The molecule has 13 heavy (non-hydrogen) atoms. The van der Waals surface area contributed by atoms with Crippen molar-refractivity contribution < 1.29 is 9.88 Å². The molecule has 0 bridgehead atoms. The van der Waals surface area contributed by atoms with Crippen LogP contribution in [0.2, 0.25) is 0 Å². The number of para-hydroxylation sites is 1. The summed E-state index contributed by atoms with van der Waals surface area (Å²) in [5.41, 5.74) is 0.986. The monoisotopic (exact) mass is 181 g/mol. The molecule has 0 spiro atoms. The lowest BCUT2D eigenvalue weighted by atomic mass is 10.3. The summed E-state index contributed by atoms with van der Waals surface area (Å²) in [5.74, 6) is 0. The topological polar surface area (TPSA) is 21.7 Å². The second-order valence-corrected chi connectivity index (χ2v) is 3.00. The molecule has 1 aromatic rings. The lowest BCUT2D eigenvalue weighted by Gasteiger charge is -2.24. The van der Waals surface area contributed by atoms with E-state index in [9.17, 15) is 0 Å². The van der Waals surface area contributed by atoms with Gasteiger partial charge in [-0.05, 0) is 26.0 Å². The molecule has 0 saturated carbocycles. The molecule has 1 aromatic carbocycles. The second-order valence-electron chi connectivity index (χ2n) is 3.00. The van der Waals surface area contributed by atoms with Gasteiger partial charge in [0.15, 0.2) is 0 Å². The van der Waals surface area contributed by atoms with E-state index in [2.05, 4.69) is 4.89 Å². The van der Waals surface area contributed by atoms with Gasteiger partial charge in [0.25, 0.3) is 0 Å². The van der Waals surface area contributed by atoms with Crippen LogP contribution in [0.1, 0.15) is 13.8 Å². The molecule has 0 atom stereocenters. The van der Waals surface area contributed by atoms with Crippen LogP contribution in [-0.2, 0) is 9.88 Å². The summed E-state index contributed by atoms with van der Waals surface area (Å²) in [6.45, 7) is 4.07. The average Bonchev–Trinajstić information content (AvgIpc) is 2.15. The lowest BCUT2D eigenvalue weighted by molar-refractivity contribution is -0.286. The predicted octanol–water partition coefficient (Wildman–Crippen LogP) is 2.39. The summed E-state index contributed by atoms with van der Waals surface area (Å²) in [6, 6.07) is 10.1. The van der Waals surface area contributed by atoms with Gasteiger partial charge in [0, 0.05) is 0 Å². The van der Waals surface area contributed by atoms with Gasteiger partial charge < -0.3 is 0 Å². The van der Waals surface area contributed by atoms with Gasteiger partial charge in [-0.3, -0.25) is 0 Å². The van der Waals surface area contributed by atoms with Crippen LogP contribution in [0.25, 0.3) is 0 Å². The largest absolute Gasteiger partial charge is 0.220 e. The Balaban J connectivity index is 2.76. The van der Waals surface area contributed by atoms with Crippen LogP contribution in [0.15, 0.2) is 30.3 Å². The van der Waals surface area contributed by atoms with E-state index in [4.69, 9.17) is 4.99 Å². The van der Waals surface area contributed by atoms with Crippen molar-refractivity contribution in [3.05, 3.63) is 30.3 Å². The zero-order valence-electron chi connectivity index (χ0n) is 8.23. The highest BCUT2D eigenvalue weighted by atomic mass is 17.3. The average molecular weight is 181 g/mol. The number of hydrogen-bond donors (Lipinski definition) is 0. The molecule has 0 saturated heterocycles. The van der Waals surface area contributed by atoms with Gasteiger partial charge in [0.1, 0.15) is 0 Å². The molecule has 1 rings (SSSR count). The Kier molecular flexibility index (Phi) is 3.73. The first-order valence-corrected chi connectivity index (χ1v) is 4.30. The van der Waals surface area contributed by atoms with Crippen molar-refractivity contribution in [2.24, 2.45) is 0 Å². The first-order valence-electron chi connectivity index (χ1n) is 4.30. The highest BCUT2D eigenvalue weighted by Gasteiger charge is 2.10. The Morgan fingerprint density at radius 1 is 1.15 bits per heavy atom. The van der Waals surface area contributed by atoms with E-state index in [0.717, 1.165) is 5.69 Å². The quantitative estimate of drug-likeness (QED) is 0.526. The maximum absolute atomic E-state index is 5.02. The molecule has 0 amide bonds. The third kappa shape index (κ3) is 2.72. The molecule has 0 aliphatic heterocycles. The third-order valence-corrected chi connectivity index (χ3v) is 1.63. The number of benzene rings is 1. The van der Waals surface area contributed by atoms with E-state index < -0.39 is 0 Å². The van der Waals surface area contributed by atoms with Gasteiger partial charge in [0.05, 0.1) is 18.8 Å². The van der Waals surface area contributed by atoms with Gasteiger partial charge in [-0.1, -0.05) is 18.2 Å². The van der Waals surface area contributed by atoms with Gasteiger partial charge >= 0.3 is 0 Å². The molecule has 0 heterocycles. The maximum atomic E-state index is 5.02. The van der Waals surface area contributed by atoms with E-state index >= 15 is 0 Å². The van der Waals surface area contributed by atoms with Gasteiger partial charge in [-0.15, -0.1) is 4.99 Å². The minimum absolute atomic E-state index is 0.238. The normalized spacial score (nSPS) is 10.5. The Morgan fingerprint density at radius 3 is 2.23 bits per heavy atom. The van der Waals surface area contributed by atoms with Crippen LogP contribution in [0.4, 0.5) is 5.69 Å². The Hall–Kier alpha value is -1.06. The van der Waals surface area contributed by atoms with Crippen molar-refractivity contribution in [1.29, 1.82) is 0 Å². The number of rotatable bonds is 4. The molecule has 0 unspecified atom stereocenters. The maximum Gasteiger partial charge on any atom is 0.0738 e. The Bertz CT molecular complexity index is 236. The summed E-state index contributed by atoms with van der Waals surface area (Å²) in [6.07, 6.45) is 0. The van der Waals surface area contributed by atoms with Crippen molar-refractivity contribution in [3.63, 3.8) is 0 Å². The van der Waals surface area contributed by atoms with Crippen molar-refractivity contribution >= 4 is 5.69 Å². The van der Waals surface area contributed by atoms with Crippen LogP contribution in [0.3, 0.4) is 0 Å². The molecule has 3 nitrogen and oxygen atoms in total. The van der Waals surface area contributed by atoms with Gasteiger partial charge in [0.2, 0.25) is 0 Å². The molecular weight excluding hydrogens is 166 g/mol. The highest BCUT2D eigenvalue weighted by molar-refractivity contribution is 5.43.